The Morgan fingerprint density at radius 2 is 2.00 bits per heavy atom. The van der Waals surface area contributed by atoms with Crippen LogP contribution in [0.1, 0.15) is 17.2 Å². The fourth-order valence-electron chi connectivity index (χ4n) is 1.26. The van der Waals surface area contributed by atoms with Gasteiger partial charge in [-0.2, -0.15) is 10.5 Å². The summed E-state index contributed by atoms with van der Waals surface area (Å²) in [4.78, 5) is 9.94. The molecule has 1 rings (SSSR count). The first-order valence-corrected chi connectivity index (χ1v) is 4.45. The molecule has 0 aliphatic rings. The number of benzene rings is 1. The summed E-state index contributed by atoms with van der Waals surface area (Å²) in [6.07, 6.45) is -3.45. The molecule has 0 fully saturated rings. The zero-order valence-electron chi connectivity index (χ0n) is 8.44. The minimum absolute atomic E-state index is 0.0547. The van der Waals surface area contributed by atoms with Crippen molar-refractivity contribution >= 4 is 5.69 Å². The van der Waals surface area contributed by atoms with E-state index in [9.17, 15) is 15.2 Å². The molecule has 2 atom stereocenters. The van der Waals surface area contributed by atoms with Crippen molar-refractivity contribution in [2.45, 2.75) is 12.2 Å². The van der Waals surface area contributed by atoms with Crippen molar-refractivity contribution in [2.24, 2.45) is 0 Å². The maximum absolute atomic E-state index is 10.7. The van der Waals surface area contributed by atoms with Crippen LogP contribution in [0.2, 0.25) is 0 Å². The normalized spacial score (nSPS) is 13.2. The summed E-state index contributed by atoms with van der Waals surface area (Å²) in [5, 5.41) is 46.4. The van der Waals surface area contributed by atoms with Crippen molar-refractivity contribution in [1.82, 2.24) is 0 Å². The molecular formula is C10H7N3O4. The number of nitro benzene ring substituents is 1. The lowest BCUT2D eigenvalue weighted by Crippen LogP contribution is -2.17. The number of nitriles is 2. The molecule has 1 aromatic rings. The topological polar surface area (TPSA) is 131 Å². The van der Waals surface area contributed by atoms with Crippen molar-refractivity contribution in [3.05, 3.63) is 39.4 Å². The number of aliphatic hydroxyl groups excluding tert-OH is 2. The van der Waals surface area contributed by atoms with E-state index in [4.69, 9.17) is 15.6 Å². The Kier molecular flexibility index (Phi) is 3.73. The van der Waals surface area contributed by atoms with Gasteiger partial charge in [-0.15, -0.1) is 0 Å². The Labute approximate surface area is 95.9 Å². The molecule has 7 heteroatoms. The highest BCUT2D eigenvalue weighted by atomic mass is 16.6. The van der Waals surface area contributed by atoms with Crippen molar-refractivity contribution in [2.75, 3.05) is 0 Å². The second-order valence-corrected chi connectivity index (χ2v) is 3.16. The molecule has 2 N–H and O–H groups in total. The molecule has 0 bridgehead atoms. The number of nitrogens with zero attached hydrogens (tertiary/aromatic N) is 3. The van der Waals surface area contributed by atoms with E-state index >= 15 is 0 Å². The van der Waals surface area contributed by atoms with E-state index in [1.54, 1.807) is 6.07 Å². The van der Waals surface area contributed by atoms with Crippen LogP contribution in [0, 0.1) is 32.8 Å². The van der Waals surface area contributed by atoms with Crippen LogP contribution in [0.5, 0.6) is 0 Å². The van der Waals surface area contributed by atoms with Gasteiger partial charge in [0.2, 0.25) is 0 Å². The zero-order chi connectivity index (χ0) is 13.0. The van der Waals surface area contributed by atoms with Crippen molar-refractivity contribution in [3.8, 4) is 12.1 Å². The van der Waals surface area contributed by atoms with Gasteiger partial charge in [0.05, 0.1) is 28.2 Å². The number of hydrogen-bond donors (Lipinski definition) is 2. The van der Waals surface area contributed by atoms with Gasteiger partial charge in [-0.1, -0.05) is 0 Å². The lowest BCUT2D eigenvalue weighted by molar-refractivity contribution is -0.386. The van der Waals surface area contributed by atoms with Crippen LogP contribution in [-0.4, -0.2) is 21.2 Å². The van der Waals surface area contributed by atoms with Crippen molar-refractivity contribution in [1.29, 1.82) is 10.5 Å². The second kappa shape index (κ2) is 5.03. The number of rotatable bonds is 3. The predicted molar refractivity (Wildman–Crippen MR) is 54.4 cm³/mol. The number of aliphatic hydroxyl groups is 2. The smallest absolute Gasteiger partial charge is 0.276 e. The molecular weight excluding hydrogens is 226 g/mol. The number of nitro groups is 1. The van der Waals surface area contributed by atoms with Gasteiger partial charge in [0.25, 0.3) is 5.69 Å². The van der Waals surface area contributed by atoms with Crippen LogP contribution in [0.3, 0.4) is 0 Å². The van der Waals surface area contributed by atoms with Crippen LogP contribution < -0.4 is 0 Å². The van der Waals surface area contributed by atoms with Gasteiger partial charge in [0.15, 0.2) is 6.10 Å². The third kappa shape index (κ3) is 2.55. The highest BCUT2D eigenvalue weighted by Gasteiger charge is 2.26. The molecule has 0 amide bonds. The van der Waals surface area contributed by atoms with Crippen LogP contribution in [0.25, 0.3) is 0 Å². The molecule has 7 nitrogen and oxygen atoms in total. The first kappa shape index (κ1) is 12.6. The molecule has 0 heterocycles. The summed E-state index contributed by atoms with van der Waals surface area (Å²) in [6, 6.07) is 6.47. The summed E-state index contributed by atoms with van der Waals surface area (Å²) in [5.41, 5.74) is -0.659. The van der Waals surface area contributed by atoms with E-state index < -0.39 is 22.8 Å². The van der Waals surface area contributed by atoms with Crippen molar-refractivity contribution in [3.63, 3.8) is 0 Å². The summed E-state index contributed by atoms with van der Waals surface area (Å²) in [5.74, 6) is 0. The van der Waals surface area contributed by atoms with Crippen molar-refractivity contribution < 1.29 is 15.1 Å². The summed E-state index contributed by atoms with van der Waals surface area (Å²) >= 11 is 0. The van der Waals surface area contributed by atoms with Gasteiger partial charge >= 0.3 is 0 Å². The SMILES string of the molecule is N#Cc1ccc(C(O)C(O)C#N)c([N+](=O)[O-])c1. The summed E-state index contributed by atoms with van der Waals surface area (Å²) < 4.78 is 0. The Balaban J connectivity index is 3.30. The molecule has 0 aliphatic carbocycles. The van der Waals surface area contributed by atoms with E-state index in [1.807, 2.05) is 0 Å². The monoisotopic (exact) mass is 233 g/mol. The van der Waals surface area contributed by atoms with Gasteiger partial charge < -0.3 is 10.2 Å². The molecule has 1 aromatic carbocycles. The summed E-state index contributed by atoms with van der Waals surface area (Å²) in [6.45, 7) is 0. The second-order valence-electron chi connectivity index (χ2n) is 3.16. The highest BCUT2D eigenvalue weighted by molar-refractivity contribution is 5.48. The van der Waals surface area contributed by atoms with Gasteiger partial charge in [-0.25, -0.2) is 0 Å². The average Bonchev–Trinajstić information content (AvgIpc) is 2.35. The standard InChI is InChI=1S/C10H7N3O4/c11-4-6-1-2-7(8(3-6)13(16)17)10(15)9(14)5-12/h1-3,9-10,14-15H. The fraction of sp³-hybridized carbons (Fsp3) is 0.200. The van der Waals surface area contributed by atoms with E-state index in [2.05, 4.69) is 0 Å². The Morgan fingerprint density at radius 1 is 1.35 bits per heavy atom. The van der Waals surface area contributed by atoms with Crippen LogP contribution in [0.4, 0.5) is 5.69 Å². The fourth-order valence-corrected chi connectivity index (χ4v) is 1.26. The summed E-state index contributed by atoms with van der Waals surface area (Å²) in [7, 11) is 0. The van der Waals surface area contributed by atoms with Crippen LogP contribution in [-0.2, 0) is 0 Å². The molecule has 2 unspecified atom stereocenters. The van der Waals surface area contributed by atoms with Gasteiger partial charge in [-0.05, 0) is 12.1 Å². The quantitative estimate of drug-likeness (QED) is 0.440. The largest absolute Gasteiger partial charge is 0.384 e. The van der Waals surface area contributed by atoms with E-state index in [1.165, 1.54) is 12.1 Å². The molecule has 0 aliphatic heterocycles. The third-order valence-corrected chi connectivity index (χ3v) is 2.11. The lowest BCUT2D eigenvalue weighted by atomic mass is 10.0. The minimum Gasteiger partial charge on any atom is -0.384 e. The van der Waals surface area contributed by atoms with Crippen LogP contribution in [0.15, 0.2) is 18.2 Å². The highest BCUT2D eigenvalue weighted by Crippen LogP contribution is 2.28. The predicted octanol–water partition coefficient (Wildman–Crippen LogP) is 0.384. The van der Waals surface area contributed by atoms with Gasteiger partial charge in [0.1, 0.15) is 6.10 Å². The number of hydrogen-bond acceptors (Lipinski definition) is 6. The van der Waals surface area contributed by atoms with E-state index in [-0.39, 0.29) is 11.1 Å². The van der Waals surface area contributed by atoms with Gasteiger partial charge in [-0.3, -0.25) is 10.1 Å². The molecule has 0 saturated heterocycles. The molecule has 86 valence electrons. The first-order chi connectivity index (χ1) is 8.01. The third-order valence-electron chi connectivity index (χ3n) is 2.11. The molecule has 0 saturated carbocycles. The molecule has 0 aromatic heterocycles. The average molecular weight is 233 g/mol. The molecule has 0 radical (unpaired) electrons. The van der Waals surface area contributed by atoms with E-state index in [0.29, 0.717) is 0 Å². The molecule has 0 spiro atoms. The minimum atomic E-state index is -1.76. The molecule has 17 heavy (non-hydrogen) atoms. The lowest BCUT2D eigenvalue weighted by Gasteiger charge is -2.12. The van der Waals surface area contributed by atoms with E-state index in [0.717, 1.165) is 12.1 Å². The van der Waals surface area contributed by atoms with Gasteiger partial charge in [0, 0.05) is 6.07 Å². The zero-order valence-corrected chi connectivity index (χ0v) is 8.44. The Morgan fingerprint density at radius 3 is 2.47 bits per heavy atom. The maximum atomic E-state index is 10.7. The Bertz CT molecular complexity index is 529. The van der Waals surface area contributed by atoms with Crippen LogP contribution >= 0.6 is 0 Å². The first-order valence-electron chi connectivity index (χ1n) is 4.45. The maximum Gasteiger partial charge on any atom is 0.276 e. The Hall–Kier alpha value is -2.48.